The Kier molecular flexibility index (Phi) is 12.0. The smallest absolute Gasteiger partial charge is 0.410 e. The summed E-state index contributed by atoms with van der Waals surface area (Å²) in [4.78, 5) is 48.8. The lowest BCUT2D eigenvalue weighted by Crippen LogP contribution is -2.44. The normalized spacial score (nSPS) is 20.9. The summed E-state index contributed by atoms with van der Waals surface area (Å²) in [6.45, 7) is 3.90. The number of carbonyl (C=O) groups excluding carboxylic acids is 3. The van der Waals surface area contributed by atoms with Crippen LogP contribution in [0.4, 0.5) is 4.79 Å². The van der Waals surface area contributed by atoms with E-state index in [1.165, 1.54) is 25.9 Å². The van der Waals surface area contributed by atoms with E-state index in [2.05, 4.69) is 18.0 Å². The van der Waals surface area contributed by atoms with Crippen molar-refractivity contribution >= 4 is 24.0 Å². The van der Waals surface area contributed by atoms with Gasteiger partial charge in [-0.25, -0.2) is 4.79 Å². The van der Waals surface area contributed by atoms with Gasteiger partial charge in [-0.1, -0.05) is 19.1 Å². The first kappa shape index (κ1) is 35.9. The van der Waals surface area contributed by atoms with Crippen LogP contribution in [0, 0.1) is 5.92 Å². The number of likely N-dealkylation sites (tertiary alicyclic amines) is 1. The standard InChI is InChI=1S/C38H49N3O8/c1-26-14-16-39-24-28(26)12-8-18-40(17-7-11-27-10-6-13-31(20-27)46-3)37(44)49-33-23-38(33)15-9-19-41(38)36(43)34(42)29-21-30(25-45-2)35(48-5)32(22-29)47-4/h6,10,13,16,20-22,24,26,33H,7-9,11-12,14-15,17-19,23,25H2,1-5H3/t26?,33-,38-/m0/s1. The summed E-state index contributed by atoms with van der Waals surface area (Å²) in [5.74, 6) is 0.783. The molecular weight excluding hydrogens is 626 g/mol. The average molecular weight is 676 g/mol. The highest BCUT2D eigenvalue weighted by atomic mass is 16.6. The van der Waals surface area contributed by atoms with Gasteiger partial charge in [0.15, 0.2) is 11.5 Å². The summed E-state index contributed by atoms with van der Waals surface area (Å²) in [7, 11) is 6.19. The average Bonchev–Trinajstić information content (AvgIpc) is 3.62. The number of rotatable bonds is 16. The predicted molar refractivity (Wildman–Crippen MR) is 186 cm³/mol. The maximum atomic E-state index is 13.7. The SMILES string of the molecule is COCc1cc(C(=O)C(=O)N2CCC[C@@]23C[C@@H]3OC(=O)N(CCCC2=CN=CCC2C)CCCc2cccc(OC)c2)cc(OC)c1OC. The lowest BCUT2D eigenvalue weighted by atomic mass is 9.93. The number of benzene rings is 2. The molecular formula is C38H49N3O8. The molecule has 1 spiro atoms. The van der Waals surface area contributed by atoms with Gasteiger partial charge < -0.3 is 33.5 Å². The Morgan fingerprint density at radius 2 is 1.80 bits per heavy atom. The Hall–Kier alpha value is -4.38. The maximum Gasteiger partial charge on any atom is 0.410 e. The zero-order valence-electron chi connectivity index (χ0n) is 29.4. The Morgan fingerprint density at radius 3 is 2.51 bits per heavy atom. The fraction of sp³-hybridized carbons (Fsp3) is 0.526. The van der Waals surface area contributed by atoms with Gasteiger partial charge in [-0.3, -0.25) is 14.6 Å². The van der Waals surface area contributed by atoms with Crippen molar-refractivity contribution in [3.63, 3.8) is 0 Å². The van der Waals surface area contributed by atoms with Gasteiger partial charge in [0.2, 0.25) is 0 Å². The zero-order valence-corrected chi connectivity index (χ0v) is 29.4. The third kappa shape index (κ3) is 8.26. The number of ketones is 1. The van der Waals surface area contributed by atoms with Crippen molar-refractivity contribution in [2.24, 2.45) is 10.9 Å². The molecule has 1 aliphatic carbocycles. The second-order valence-corrected chi connectivity index (χ2v) is 13.1. The quantitative estimate of drug-likeness (QED) is 0.157. The molecule has 0 aromatic heterocycles. The van der Waals surface area contributed by atoms with Crippen molar-refractivity contribution in [1.82, 2.24) is 9.80 Å². The second kappa shape index (κ2) is 16.3. The molecule has 264 valence electrons. The molecule has 1 saturated carbocycles. The number of aryl methyl sites for hydroxylation is 1. The van der Waals surface area contributed by atoms with Crippen LogP contribution < -0.4 is 14.2 Å². The van der Waals surface area contributed by atoms with Crippen LogP contribution in [-0.4, -0.2) is 93.5 Å². The highest BCUT2D eigenvalue weighted by Crippen LogP contribution is 2.52. The highest BCUT2D eigenvalue weighted by molar-refractivity contribution is 6.43. The van der Waals surface area contributed by atoms with Crippen molar-refractivity contribution in [3.05, 3.63) is 64.9 Å². The topological polar surface area (TPSA) is 116 Å². The van der Waals surface area contributed by atoms with Crippen LogP contribution in [0.3, 0.4) is 0 Å². The molecule has 5 rings (SSSR count). The summed E-state index contributed by atoms with van der Waals surface area (Å²) in [5.41, 5.74) is 2.56. The number of amides is 2. The van der Waals surface area contributed by atoms with Gasteiger partial charge in [0.25, 0.3) is 11.7 Å². The van der Waals surface area contributed by atoms with E-state index in [0.29, 0.717) is 55.5 Å². The molecule has 2 aromatic rings. The summed E-state index contributed by atoms with van der Waals surface area (Å²) in [5, 5.41) is 0. The molecule has 2 fully saturated rings. The predicted octanol–water partition coefficient (Wildman–Crippen LogP) is 6.02. The fourth-order valence-corrected chi connectivity index (χ4v) is 7.07. The van der Waals surface area contributed by atoms with E-state index in [-0.39, 0.29) is 18.3 Å². The second-order valence-electron chi connectivity index (χ2n) is 13.1. The highest BCUT2D eigenvalue weighted by Gasteiger charge is 2.65. The van der Waals surface area contributed by atoms with Gasteiger partial charge in [0, 0.05) is 56.7 Å². The van der Waals surface area contributed by atoms with Gasteiger partial charge in [-0.15, -0.1) is 0 Å². The Balaban J connectivity index is 1.25. The van der Waals surface area contributed by atoms with Crippen LogP contribution in [0.5, 0.6) is 17.2 Å². The number of hydrogen-bond donors (Lipinski definition) is 0. The number of allylic oxidation sites excluding steroid dienone is 1. The number of ether oxygens (including phenoxy) is 5. The van der Waals surface area contributed by atoms with E-state index in [0.717, 1.165) is 49.8 Å². The summed E-state index contributed by atoms with van der Waals surface area (Å²) in [6.07, 6.45) is 9.09. The Labute approximate surface area is 289 Å². The van der Waals surface area contributed by atoms with Crippen LogP contribution in [0.1, 0.15) is 73.4 Å². The van der Waals surface area contributed by atoms with Crippen LogP contribution >= 0.6 is 0 Å². The molecule has 2 amide bonds. The Morgan fingerprint density at radius 1 is 1.00 bits per heavy atom. The minimum absolute atomic E-state index is 0.182. The van der Waals surface area contributed by atoms with E-state index in [4.69, 9.17) is 23.7 Å². The third-order valence-corrected chi connectivity index (χ3v) is 9.92. The number of carbonyl (C=O) groups is 3. The molecule has 3 atom stereocenters. The van der Waals surface area contributed by atoms with E-state index >= 15 is 0 Å². The number of aliphatic imine (C=N–C) groups is 1. The van der Waals surface area contributed by atoms with Crippen LogP contribution in [0.15, 0.2) is 53.2 Å². The molecule has 2 aliphatic heterocycles. The first-order valence-corrected chi connectivity index (χ1v) is 17.1. The number of hydrogen-bond acceptors (Lipinski definition) is 9. The van der Waals surface area contributed by atoms with E-state index in [1.807, 2.05) is 30.6 Å². The minimum atomic E-state index is -0.666. The lowest BCUT2D eigenvalue weighted by Gasteiger charge is -2.27. The summed E-state index contributed by atoms with van der Waals surface area (Å²) in [6, 6.07) is 11.1. The number of Topliss-reactive ketones (excluding diaryl/α,β-unsaturated/α-hetero) is 1. The van der Waals surface area contributed by atoms with Crippen molar-refractivity contribution in [1.29, 1.82) is 0 Å². The van der Waals surface area contributed by atoms with Crippen LogP contribution in [0.25, 0.3) is 0 Å². The molecule has 1 saturated heterocycles. The van der Waals surface area contributed by atoms with E-state index < -0.39 is 23.3 Å². The minimum Gasteiger partial charge on any atom is -0.497 e. The molecule has 0 bridgehead atoms. The molecule has 0 radical (unpaired) electrons. The molecule has 0 N–H and O–H groups in total. The van der Waals surface area contributed by atoms with Gasteiger partial charge >= 0.3 is 6.09 Å². The number of methoxy groups -OCH3 is 4. The molecule has 2 heterocycles. The van der Waals surface area contributed by atoms with E-state index in [1.54, 1.807) is 30.1 Å². The molecule has 1 unspecified atom stereocenters. The maximum absolute atomic E-state index is 13.7. The van der Waals surface area contributed by atoms with Crippen LogP contribution in [0.2, 0.25) is 0 Å². The monoisotopic (exact) mass is 675 g/mol. The largest absolute Gasteiger partial charge is 0.497 e. The molecule has 49 heavy (non-hydrogen) atoms. The first-order valence-electron chi connectivity index (χ1n) is 17.1. The van der Waals surface area contributed by atoms with Crippen molar-refractivity contribution in [3.8, 4) is 17.2 Å². The summed E-state index contributed by atoms with van der Waals surface area (Å²) < 4.78 is 27.7. The zero-order chi connectivity index (χ0) is 35.0. The van der Waals surface area contributed by atoms with E-state index in [9.17, 15) is 14.4 Å². The third-order valence-electron chi connectivity index (χ3n) is 9.92. The van der Waals surface area contributed by atoms with Crippen molar-refractivity contribution in [2.45, 2.75) is 76.5 Å². The van der Waals surface area contributed by atoms with Crippen molar-refractivity contribution in [2.75, 3.05) is 48.1 Å². The molecule has 2 aromatic carbocycles. The van der Waals surface area contributed by atoms with Gasteiger partial charge in [-0.2, -0.15) is 0 Å². The number of nitrogens with zero attached hydrogens (tertiary/aromatic N) is 3. The van der Waals surface area contributed by atoms with Gasteiger partial charge in [0.1, 0.15) is 11.9 Å². The Bertz CT molecular complexity index is 1570. The summed E-state index contributed by atoms with van der Waals surface area (Å²) >= 11 is 0. The lowest BCUT2D eigenvalue weighted by molar-refractivity contribution is -0.128. The molecule has 3 aliphatic rings. The fourth-order valence-electron chi connectivity index (χ4n) is 7.07. The van der Waals surface area contributed by atoms with Gasteiger partial charge in [0.05, 0.1) is 33.5 Å². The molecule has 11 nitrogen and oxygen atoms in total. The van der Waals surface area contributed by atoms with Crippen molar-refractivity contribution < 1.29 is 38.1 Å². The van der Waals surface area contributed by atoms with Gasteiger partial charge in [-0.05, 0) is 86.3 Å². The first-order chi connectivity index (χ1) is 23.7. The molecule has 11 heteroatoms. The van der Waals surface area contributed by atoms with Crippen LogP contribution in [-0.2, 0) is 27.3 Å².